The summed E-state index contributed by atoms with van der Waals surface area (Å²) < 4.78 is 26.4. The van der Waals surface area contributed by atoms with Crippen LogP contribution >= 0.6 is 0 Å². The van der Waals surface area contributed by atoms with Crippen molar-refractivity contribution in [3.05, 3.63) is 29.3 Å². The number of aryl methyl sites for hydroxylation is 1. The molecule has 0 saturated carbocycles. The Morgan fingerprint density at radius 1 is 1.26 bits per heavy atom. The first-order chi connectivity index (χ1) is 8.97. The van der Waals surface area contributed by atoms with Crippen LogP contribution in [0.5, 0.6) is 0 Å². The van der Waals surface area contributed by atoms with Gasteiger partial charge in [-0.15, -0.1) is 0 Å². The van der Waals surface area contributed by atoms with E-state index >= 15 is 0 Å². The number of aliphatic hydroxyl groups is 1. The normalized spacial score (nSPS) is 11.2. The summed E-state index contributed by atoms with van der Waals surface area (Å²) in [4.78, 5) is 0.279. The summed E-state index contributed by atoms with van der Waals surface area (Å²) in [7, 11) is -3.48. The lowest BCUT2D eigenvalue weighted by molar-refractivity contribution is 0.350. The molecule has 0 spiro atoms. The maximum absolute atomic E-state index is 12.5. The number of aliphatic hydroxyl groups excluding tert-OH is 1. The number of benzene rings is 1. The van der Waals surface area contributed by atoms with E-state index in [0.29, 0.717) is 24.2 Å². The fraction of sp³-hybridized carbons (Fsp3) is 0.429. The average Bonchev–Trinajstić information content (AvgIpc) is 2.38. The molecule has 0 aliphatic rings. The number of hydrogen-bond donors (Lipinski definition) is 1. The van der Waals surface area contributed by atoms with Crippen LogP contribution in [0.15, 0.2) is 23.1 Å². The fourth-order valence-corrected chi connectivity index (χ4v) is 3.51. The summed E-state index contributed by atoms with van der Waals surface area (Å²) in [5.41, 5.74) is 1.28. The Morgan fingerprint density at radius 3 is 2.42 bits per heavy atom. The van der Waals surface area contributed by atoms with Gasteiger partial charge in [0, 0.05) is 18.7 Å². The van der Waals surface area contributed by atoms with Crippen molar-refractivity contribution < 1.29 is 13.5 Å². The highest BCUT2D eigenvalue weighted by Gasteiger charge is 2.23. The Bertz CT molecular complexity index is 593. The van der Waals surface area contributed by atoms with Gasteiger partial charge in [0.15, 0.2) is 0 Å². The van der Waals surface area contributed by atoms with Gasteiger partial charge in [-0.05, 0) is 24.6 Å². The molecule has 0 amide bonds. The van der Waals surface area contributed by atoms with Gasteiger partial charge < -0.3 is 5.11 Å². The largest absolute Gasteiger partial charge is 0.384 e. The highest BCUT2D eigenvalue weighted by molar-refractivity contribution is 7.89. The summed E-state index contributed by atoms with van der Waals surface area (Å²) in [6, 6.07) is 5.04. The van der Waals surface area contributed by atoms with Gasteiger partial charge in [0.2, 0.25) is 10.0 Å². The first-order valence-corrected chi connectivity index (χ1v) is 7.61. The molecule has 104 valence electrons. The summed E-state index contributed by atoms with van der Waals surface area (Å²) in [6.45, 7) is 6.01. The molecule has 1 aromatic carbocycles. The van der Waals surface area contributed by atoms with Crippen LogP contribution in [0.4, 0.5) is 0 Å². The summed E-state index contributed by atoms with van der Waals surface area (Å²) in [6.07, 6.45) is 0. The second-order valence-electron chi connectivity index (χ2n) is 4.03. The van der Waals surface area contributed by atoms with E-state index in [4.69, 9.17) is 5.11 Å². The van der Waals surface area contributed by atoms with Crippen LogP contribution in [0.1, 0.15) is 25.0 Å². The molecule has 0 radical (unpaired) electrons. The van der Waals surface area contributed by atoms with E-state index in [9.17, 15) is 8.42 Å². The van der Waals surface area contributed by atoms with Crippen LogP contribution in [0.2, 0.25) is 0 Å². The third kappa shape index (κ3) is 3.57. The highest BCUT2D eigenvalue weighted by atomic mass is 32.2. The van der Waals surface area contributed by atoms with Gasteiger partial charge in [-0.3, -0.25) is 0 Å². The van der Waals surface area contributed by atoms with E-state index in [2.05, 4.69) is 11.8 Å². The number of rotatable bonds is 4. The second kappa shape index (κ2) is 6.71. The van der Waals surface area contributed by atoms with E-state index in [1.807, 2.05) is 13.8 Å². The lowest BCUT2D eigenvalue weighted by Gasteiger charge is -2.19. The monoisotopic (exact) mass is 281 g/mol. The first kappa shape index (κ1) is 15.7. The molecular formula is C14H19NO3S. The minimum absolute atomic E-state index is 0.244. The maximum Gasteiger partial charge on any atom is 0.243 e. The maximum atomic E-state index is 12.5. The van der Waals surface area contributed by atoms with Crippen LogP contribution in [-0.4, -0.2) is 37.5 Å². The van der Waals surface area contributed by atoms with Crippen LogP contribution in [0.3, 0.4) is 0 Å². The summed E-state index contributed by atoms with van der Waals surface area (Å²) >= 11 is 0. The molecule has 1 N–H and O–H groups in total. The molecule has 0 bridgehead atoms. The Hall–Kier alpha value is -1.35. The van der Waals surface area contributed by atoms with Crippen molar-refractivity contribution in [2.24, 2.45) is 0 Å². The first-order valence-electron chi connectivity index (χ1n) is 6.17. The van der Waals surface area contributed by atoms with Gasteiger partial charge >= 0.3 is 0 Å². The minimum atomic E-state index is -3.48. The highest BCUT2D eigenvalue weighted by Crippen LogP contribution is 2.20. The van der Waals surface area contributed by atoms with E-state index in [0.717, 1.165) is 0 Å². The smallest absolute Gasteiger partial charge is 0.243 e. The number of sulfonamides is 1. The quantitative estimate of drug-likeness (QED) is 0.848. The van der Waals surface area contributed by atoms with Crippen molar-refractivity contribution >= 4 is 10.0 Å². The number of nitrogens with zero attached hydrogens (tertiary/aromatic N) is 1. The van der Waals surface area contributed by atoms with Crippen molar-refractivity contribution in [1.82, 2.24) is 4.31 Å². The molecule has 1 rings (SSSR count). The van der Waals surface area contributed by atoms with Gasteiger partial charge in [-0.2, -0.15) is 4.31 Å². The molecule has 0 aliphatic heterocycles. The molecule has 0 fully saturated rings. The van der Waals surface area contributed by atoms with E-state index < -0.39 is 10.0 Å². The predicted octanol–water partition coefficient (Wildman–Crippen LogP) is 1.37. The zero-order chi connectivity index (χ0) is 14.5. The molecule has 0 heterocycles. The molecule has 0 saturated heterocycles. The zero-order valence-electron chi connectivity index (χ0n) is 11.5. The molecule has 1 aromatic rings. The van der Waals surface area contributed by atoms with E-state index in [-0.39, 0.29) is 11.5 Å². The van der Waals surface area contributed by atoms with Crippen LogP contribution < -0.4 is 0 Å². The van der Waals surface area contributed by atoms with Gasteiger partial charge in [-0.1, -0.05) is 31.8 Å². The zero-order valence-corrected chi connectivity index (χ0v) is 12.3. The summed E-state index contributed by atoms with van der Waals surface area (Å²) in [5.74, 6) is 5.24. The van der Waals surface area contributed by atoms with Crippen molar-refractivity contribution in [1.29, 1.82) is 0 Å². The Kier molecular flexibility index (Phi) is 5.55. The topological polar surface area (TPSA) is 57.6 Å². The van der Waals surface area contributed by atoms with Crippen LogP contribution in [0, 0.1) is 18.8 Å². The lowest BCUT2D eigenvalue weighted by atomic mass is 10.1. The van der Waals surface area contributed by atoms with Crippen molar-refractivity contribution in [3.63, 3.8) is 0 Å². The van der Waals surface area contributed by atoms with Crippen LogP contribution in [0.25, 0.3) is 0 Å². The van der Waals surface area contributed by atoms with Crippen molar-refractivity contribution in [2.75, 3.05) is 19.7 Å². The Balaban J connectivity index is 3.33. The molecular weight excluding hydrogens is 262 g/mol. The van der Waals surface area contributed by atoms with E-state index in [1.165, 1.54) is 4.31 Å². The Morgan fingerprint density at radius 2 is 1.89 bits per heavy atom. The molecule has 0 unspecified atom stereocenters. The molecule has 19 heavy (non-hydrogen) atoms. The van der Waals surface area contributed by atoms with Gasteiger partial charge in [0.05, 0.1) is 4.90 Å². The van der Waals surface area contributed by atoms with Gasteiger partial charge in [-0.25, -0.2) is 8.42 Å². The third-order valence-electron chi connectivity index (χ3n) is 2.82. The Labute approximate surface area is 115 Å². The second-order valence-corrected chi connectivity index (χ2v) is 5.94. The number of hydrogen-bond acceptors (Lipinski definition) is 3. The molecule has 4 nitrogen and oxygen atoms in total. The fourth-order valence-electron chi connectivity index (χ4n) is 1.80. The van der Waals surface area contributed by atoms with Gasteiger partial charge in [0.25, 0.3) is 0 Å². The summed E-state index contributed by atoms with van der Waals surface area (Å²) in [5, 5.41) is 8.68. The minimum Gasteiger partial charge on any atom is -0.384 e. The molecule has 0 aromatic heterocycles. The van der Waals surface area contributed by atoms with Crippen molar-refractivity contribution in [3.8, 4) is 11.8 Å². The molecule has 0 aliphatic carbocycles. The SMILES string of the molecule is CCN(CC)S(=O)(=O)c1cc(C#CCO)ccc1C. The van der Waals surface area contributed by atoms with E-state index in [1.54, 1.807) is 25.1 Å². The molecule has 5 heteroatoms. The van der Waals surface area contributed by atoms with Gasteiger partial charge in [0.1, 0.15) is 6.61 Å². The van der Waals surface area contributed by atoms with Crippen LogP contribution in [-0.2, 0) is 10.0 Å². The standard InChI is InChI=1S/C14H19NO3S/c1-4-15(5-2)19(17,18)14-11-13(7-6-10-16)9-8-12(14)3/h8-9,11,16H,4-5,10H2,1-3H3. The average molecular weight is 281 g/mol. The predicted molar refractivity (Wildman–Crippen MR) is 75.2 cm³/mol. The third-order valence-corrected chi connectivity index (χ3v) is 5.02. The lowest BCUT2D eigenvalue weighted by Crippen LogP contribution is -2.31. The van der Waals surface area contributed by atoms with Crippen molar-refractivity contribution in [2.45, 2.75) is 25.7 Å². The molecule has 0 atom stereocenters.